The molecular weight excluding hydrogens is 576 g/mol. The smallest absolute Gasteiger partial charge is 0.240 e. The van der Waals surface area contributed by atoms with E-state index in [4.69, 9.17) is 0 Å². The number of aryl methyl sites for hydroxylation is 2. The first-order valence-electron chi connectivity index (χ1n) is 10.5. The molecule has 0 atom stereocenters. The zero-order valence-corrected chi connectivity index (χ0v) is 23.1. The number of carbonyl (C=O) groups is 2. The summed E-state index contributed by atoms with van der Waals surface area (Å²) in [4.78, 5) is 28.0. The normalized spacial score (nSPS) is 11.5. The molecule has 0 aromatic carbocycles. The zero-order chi connectivity index (χ0) is 23.3. The Morgan fingerprint density at radius 3 is 1.50 bits per heavy atom. The predicted octanol–water partition coefficient (Wildman–Crippen LogP) is 6.67. The molecule has 6 nitrogen and oxygen atoms in total. The molecule has 2 aromatic rings. The summed E-state index contributed by atoms with van der Waals surface area (Å²) < 4.78 is 2.12. The number of halogens is 2. The Labute approximate surface area is 214 Å². The molecule has 0 spiro atoms. The summed E-state index contributed by atoms with van der Waals surface area (Å²) in [5.41, 5.74) is 5.16. The average molecular weight is 604 g/mol. The quantitative estimate of drug-likeness (QED) is 0.152. The number of unbranched alkanes of at least 4 members (excludes halogenated alkanes) is 5. The third kappa shape index (κ3) is 10.5. The standard InChI is InChI=1S/C22H28Br2N4O2S2/c1-15-19(23)11-17(31-15)13-25-27-21(29)9-7-5-3-4-6-8-10-22(30)28-26-14-18-12-20(24)16(2)32-18/h11-14H,3-10H2,1-2H3,(H,27,29)(H,28,30)/b25-13-,26-14-. The van der Waals surface area contributed by atoms with Crippen molar-refractivity contribution in [3.63, 3.8) is 0 Å². The fourth-order valence-corrected chi connectivity index (χ4v) is 5.68. The summed E-state index contributed by atoms with van der Waals surface area (Å²) in [6, 6.07) is 3.97. The van der Waals surface area contributed by atoms with Crippen LogP contribution >= 0.6 is 54.5 Å². The van der Waals surface area contributed by atoms with Gasteiger partial charge in [0.05, 0.1) is 12.4 Å². The van der Waals surface area contributed by atoms with Crippen LogP contribution in [0.1, 0.15) is 70.9 Å². The van der Waals surface area contributed by atoms with E-state index in [1.807, 2.05) is 26.0 Å². The summed E-state index contributed by atoms with van der Waals surface area (Å²) >= 11 is 10.2. The Morgan fingerprint density at radius 2 is 1.16 bits per heavy atom. The molecule has 174 valence electrons. The van der Waals surface area contributed by atoms with Gasteiger partial charge in [0.25, 0.3) is 0 Å². The van der Waals surface area contributed by atoms with E-state index in [0.29, 0.717) is 12.8 Å². The fraction of sp³-hybridized carbons (Fsp3) is 0.455. The first-order chi connectivity index (χ1) is 15.3. The van der Waals surface area contributed by atoms with Gasteiger partial charge in [-0.3, -0.25) is 9.59 Å². The lowest BCUT2D eigenvalue weighted by Gasteiger charge is -2.02. The lowest BCUT2D eigenvalue weighted by Crippen LogP contribution is -2.17. The van der Waals surface area contributed by atoms with Crippen molar-refractivity contribution in [2.75, 3.05) is 0 Å². The number of thiophene rings is 2. The Morgan fingerprint density at radius 1 is 0.781 bits per heavy atom. The maximum Gasteiger partial charge on any atom is 0.240 e. The number of nitrogens with one attached hydrogen (secondary N) is 2. The molecule has 2 amide bonds. The van der Waals surface area contributed by atoms with E-state index in [2.05, 4.69) is 52.9 Å². The van der Waals surface area contributed by atoms with E-state index in [1.54, 1.807) is 35.1 Å². The molecule has 10 heteroatoms. The van der Waals surface area contributed by atoms with Gasteiger partial charge >= 0.3 is 0 Å². The molecular formula is C22H28Br2N4O2S2. The number of rotatable bonds is 13. The summed E-state index contributed by atoms with van der Waals surface area (Å²) in [6.45, 7) is 4.06. The maximum atomic E-state index is 11.8. The molecule has 32 heavy (non-hydrogen) atoms. The number of hydrogen-bond acceptors (Lipinski definition) is 6. The minimum Gasteiger partial charge on any atom is -0.273 e. The predicted molar refractivity (Wildman–Crippen MR) is 142 cm³/mol. The van der Waals surface area contributed by atoms with Gasteiger partial charge < -0.3 is 0 Å². The van der Waals surface area contributed by atoms with Crippen molar-refractivity contribution in [3.8, 4) is 0 Å². The fourth-order valence-electron chi connectivity index (χ4n) is 2.82. The second-order valence-electron chi connectivity index (χ2n) is 7.31. The van der Waals surface area contributed by atoms with Gasteiger partial charge in [0.2, 0.25) is 11.8 Å². The minimum atomic E-state index is -0.0594. The highest BCUT2D eigenvalue weighted by atomic mass is 79.9. The lowest BCUT2D eigenvalue weighted by molar-refractivity contribution is -0.122. The largest absolute Gasteiger partial charge is 0.273 e. The third-order valence-electron chi connectivity index (χ3n) is 4.57. The van der Waals surface area contributed by atoms with Gasteiger partial charge in [-0.25, -0.2) is 10.9 Å². The molecule has 0 aliphatic carbocycles. The van der Waals surface area contributed by atoms with E-state index >= 15 is 0 Å². The van der Waals surface area contributed by atoms with Crippen molar-refractivity contribution in [1.29, 1.82) is 0 Å². The van der Waals surface area contributed by atoms with Gasteiger partial charge in [-0.15, -0.1) is 22.7 Å². The first kappa shape index (κ1) is 26.9. The lowest BCUT2D eigenvalue weighted by atomic mass is 10.1. The summed E-state index contributed by atoms with van der Waals surface area (Å²) in [7, 11) is 0. The molecule has 0 radical (unpaired) electrons. The van der Waals surface area contributed by atoms with Gasteiger partial charge in [0.15, 0.2) is 0 Å². The second kappa shape index (κ2) is 14.7. The summed E-state index contributed by atoms with van der Waals surface area (Å²) in [5, 5.41) is 8.02. The zero-order valence-electron chi connectivity index (χ0n) is 18.2. The van der Waals surface area contributed by atoms with Crippen LogP contribution in [0.15, 0.2) is 31.3 Å². The van der Waals surface area contributed by atoms with Gasteiger partial charge in [0.1, 0.15) is 0 Å². The topological polar surface area (TPSA) is 82.9 Å². The van der Waals surface area contributed by atoms with Crippen LogP contribution in [0.3, 0.4) is 0 Å². The molecule has 0 bridgehead atoms. The van der Waals surface area contributed by atoms with E-state index in [-0.39, 0.29) is 11.8 Å². The van der Waals surface area contributed by atoms with Crippen LogP contribution in [-0.4, -0.2) is 24.2 Å². The highest BCUT2D eigenvalue weighted by Crippen LogP contribution is 2.25. The Hall–Kier alpha value is -1.36. The van der Waals surface area contributed by atoms with Crippen molar-refractivity contribution in [3.05, 3.63) is 40.6 Å². The van der Waals surface area contributed by atoms with Crippen molar-refractivity contribution in [2.45, 2.75) is 65.2 Å². The Bertz CT molecular complexity index is 839. The molecule has 0 saturated carbocycles. The highest BCUT2D eigenvalue weighted by molar-refractivity contribution is 9.10. The molecule has 2 rings (SSSR count). The molecule has 2 aromatic heterocycles. The monoisotopic (exact) mass is 602 g/mol. The van der Waals surface area contributed by atoms with Crippen LogP contribution in [0.25, 0.3) is 0 Å². The molecule has 2 N–H and O–H groups in total. The number of hydrazone groups is 2. The molecule has 0 fully saturated rings. The Kier molecular flexibility index (Phi) is 12.4. The number of nitrogens with zero attached hydrogens (tertiary/aromatic N) is 2. The van der Waals surface area contributed by atoms with Gasteiger partial charge in [-0.2, -0.15) is 10.2 Å². The van der Waals surface area contributed by atoms with Crippen LogP contribution in [-0.2, 0) is 9.59 Å². The number of carbonyl (C=O) groups excluding carboxylic acids is 2. The van der Waals surface area contributed by atoms with Crippen molar-refractivity contribution < 1.29 is 9.59 Å². The van der Waals surface area contributed by atoms with Gasteiger partial charge in [0, 0.05) is 41.3 Å². The summed E-state index contributed by atoms with van der Waals surface area (Å²) in [5.74, 6) is -0.119. The summed E-state index contributed by atoms with van der Waals surface area (Å²) in [6.07, 6.45) is 10.1. The van der Waals surface area contributed by atoms with Crippen molar-refractivity contribution in [1.82, 2.24) is 10.9 Å². The van der Waals surface area contributed by atoms with Crippen LogP contribution in [0.4, 0.5) is 0 Å². The van der Waals surface area contributed by atoms with Crippen LogP contribution in [0, 0.1) is 13.8 Å². The third-order valence-corrected chi connectivity index (χ3v) is 8.71. The molecule has 0 saturated heterocycles. The van der Waals surface area contributed by atoms with Gasteiger partial charge in [-0.05, 0) is 70.7 Å². The molecule has 0 aliphatic heterocycles. The van der Waals surface area contributed by atoms with E-state index in [9.17, 15) is 9.59 Å². The number of amides is 2. The van der Waals surface area contributed by atoms with Gasteiger partial charge in [-0.1, -0.05) is 25.7 Å². The number of hydrogen-bond donors (Lipinski definition) is 2. The van der Waals surface area contributed by atoms with E-state index in [1.165, 1.54) is 9.75 Å². The first-order valence-corrected chi connectivity index (χ1v) is 13.7. The van der Waals surface area contributed by atoms with Crippen molar-refractivity contribution in [2.24, 2.45) is 10.2 Å². The maximum absolute atomic E-state index is 11.8. The van der Waals surface area contributed by atoms with E-state index in [0.717, 1.165) is 57.2 Å². The van der Waals surface area contributed by atoms with E-state index < -0.39 is 0 Å². The SMILES string of the molecule is Cc1sc(/C=N\NC(=O)CCCCCCCCC(=O)N/N=C\c2cc(Br)c(C)s2)cc1Br. The second-order valence-corrected chi connectivity index (χ2v) is 11.6. The molecule has 0 aliphatic rings. The molecule has 0 unspecified atom stereocenters. The average Bonchev–Trinajstić information content (AvgIpc) is 3.23. The van der Waals surface area contributed by atoms with Crippen LogP contribution in [0.5, 0.6) is 0 Å². The minimum absolute atomic E-state index is 0.0594. The van der Waals surface area contributed by atoms with Crippen LogP contribution in [0.2, 0.25) is 0 Å². The van der Waals surface area contributed by atoms with Crippen molar-refractivity contribution >= 4 is 78.8 Å². The Balaban J connectivity index is 1.44. The van der Waals surface area contributed by atoms with Crippen LogP contribution < -0.4 is 10.9 Å². The molecule has 2 heterocycles. The highest BCUT2D eigenvalue weighted by Gasteiger charge is 2.03.